The van der Waals surface area contributed by atoms with Crippen LogP contribution in [0.2, 0.25) is 0 Å². The fraction of sp³-hybridized carbons (Fsp3) is 0.111. The molecule has 2 heterocycles. The molecule has 2 rings (SSSR count). The van der Waals surface area contributed by atoms with E-state index in [4.69, 9.17) is 4.74 Å². The van der Waals surface area contributed by atoms with E-state index in [1.165, 1.54) is 19.2 Å². The molecule has 2 aromatic heterocycles. The van der Waals surface area contributed by atoms with E-state index in [1.807, 2.05) is 0 Å². The highest BCUT2D eigenvalue weighted by Gasteiger charge is 2.22. The lowest BCUT2D eigenvalue weighted by atomic mass is 10.3. The number of aromatic nitrogens is 2. The van der Waals surface area contributed by atoms with Crippen molar-refractivity contribution in [2.45, 2.75) is 0 Å². The van der Waals surface area contributed by atoms with E-state index in [9.17, 15) is 14.9 Å². The number of aromatic amines is 1. The smallest absolute Gasteiger partial charge is 0.306 e. The van der Waals surface area contributed by atoms with Crippen LogP contribution < -0.4 is 4.74 Å². The van der Waals surface area contributed by atoms with Crippen molar-refractivity contribution in [3.8, 4) is 5.88 Å². The van der Waals surface area contributed by atoms with E-state index < -0.39 is 4.92 Å². The molecule has 0 fully saturated rings. The monoisotopic (exact) mass is 221 g/mol. The topological polar surface area (TPSA) is 98.1 Å². The van der Waals surface area contributed by atoms with Gasteiger partial charge in [-0.05, 0) is 6.07 Å². The average Bonchev–Trinajstić information content (AvgIpc) is 2.65. The van der Waals surface area contributed by atoms with Gasteiger partial charge in [-0.15, -0.1) is 0 Å². The van der Waals surface area contributed by atoms with Gasteiger partial charge in [-0.1, -0.05) is 0 Å². The summed E-state index contributed by atoms with van der Waals surface area (Å²) >= 11 is 0. The van der Waals surface area contributed by atoms with Crippen molar-refractivity contribution in [2.75, 3.05) is 7.11 Å². The Morgan fingerprint density at radius 3 is 2.88 bits per heavy atom. The Bertz CT molecular complexity index is 575. The maximum Gasteiger partial charge on any atom is 0.306 e. The second-order valence-corrected chi connectivity index (χ2v) is 3.01. The summed E-state index contributed by atoms with van der Waals surface area (Å²) in [6, 6.07) is 2.99. The van der Waals surface area contributed by atoms with E-state index in [-0.39, 0.29) is 22.4 Å². The molecule has 0 bridgehead atoms. The number of hydrogen-bond acceptors (Lipinski definition) is 5. The highest BCUT2D eigenvalue weighted by molar-refractivity contribution is 5.96. The summed E-state index contributed by atoms with van der Waals surface area (Å²) in [5.41, 5.74) is -0.103. The van der Waals surface area contributed by atoms with E-state index in [0.29, 0.717) is 12.2 Å². The van der Waals surface area contributed by atoms with Crippen LogP contribution in [0.1, 0.15) is 10.5 Å². The first-order valence-corrected chi connectivity index (χ1v) is 4.33. The summed E-state index contributed by atoms with van der Waals surface area (Å²) in [5, 5.41) is 11.1. The number of nitrogens with zero attached hydrogens (tertiary/aromatic N) is 2. The molecule has 0 aliphatic carbocycles. The Morgan fingerprint density at radius 1 is 1.56 bits per heavy atom. The third-order valence-electron chi connectivity index (χ3n) is 2.14. The number of rotatable bonds is 3. The molecule has 0 spiro atoms. The maximum atomic E-state index is 10.8. The van der Waals surface area contributed by atoms with Gasteiger partial charge in [-0.25, -0.2) is 0 Å². The van der Waals surface area contributed by atoms with E-state index in [2.05, 4.69) is 9.97 Å². The standard InChI is InChI=1S/C9H7N3O4/c1-16-7-3-2-5-8(12(14)15)6(4-13)10-9(5)11-7/h2-4H,1H3,(H,10,11). The molecule has 0 saturated heterocycles. The number of fused-ring (bicyclic) bond motifs is 1. The van der Waals surface area contributed by atoms with Gasteiger partial charge in [0.1, 0.15) is 5.65 Å². The van der Waals surface area contributed by atoms with Gasteiger partial charge in [0.25, 0.3) is 0 Å². The molecule has 0 atom stereocenters. The normalized spacial score (nSPS) is 10.3. The van der Waals surface area contributed by atoms with Crippen LogP contribution >= 0.6 is 0 Å². The van der Waals surface area contributed by atoms with Crippen LogP contribution in [-0.4, -0.2) is 28.3 Å². The van der Waals surface area contributed by atoms with Crippen LogP contribution in [0, 0.1) is 10.1 Å². The lowest BCUT2D eigenvalue weighted by molar-refractivity contribution is -0.383. The van der Waals surface area contributed by atoms with Crippen molar-refractivity contribution in [3.63, 3.8) is 0 Å². The number of H-pyrrole nitrogens is 1. The summed E-state index contributed by atoms with van der Waals surface area (Å²) in [6.07, 6.45) is 0.395. The Balaban J connectivity index is 2.77. The fourth-order valence-corrected chi connectivity index (χ4v) is 1.46. The third kappa shape index (κ3) is 1.38. The Labute approximate surface area is 89.2 Å². The average molecular weight is 221 g/mol. The second-order valence-electron chi connectivity index (χ2n) is 3.01. The fourth-order valence-electron chi connectivity index (χ4n) is 1.46. The van der Waals surface area contributed by atoms with Gasteiger partial charge in [0.15, 0.2) is 12.0 Å². The number of carbonyl (C=O) groups is 1. The minimum atomic E-state index is -0.614. The quantitative estimate of drug-likeness (QED) is 0.478. The predicted octanol–water partition coefficient (Wildman–Crippen LogP) is 1.29. The summed E-state index contributed by atoms with van der Waals surface area (Å²) in [7, 11) is 1.44. The number of hydrogen-bond donors (Lipinski definition) is 1. The predicted molar refractivity (Wildman–Crippen MR) is 54.7 cm³/mol. The van der Waals surface area contributed by atoms with Gasteiger partial charge in [-0.2, -0.15) is 4.98 Å². The van der Waals surface area contributed by atoms with Gasteiger partial charge in [0.05, 0.1) is 17.4 Å². The molecule has 0 amide bonds. The molecule has 0 saturated carbocycles. The number of methoxy groups -OCH3 is 1. The number of nitrogens with one attached hydrogen (secondary N) is 1. The summed E-state index contributed by atoms with van der Waals surface area (Å²) in [5.74, 6) is 0.320. The van der Waals surface area contributed by atoms with Crippen molar-refractivity contribution in [1.29, 1.82) is 0 Å². The highest BCUT2D eigenvalue weighted by Crippen LogP contribution is 2.28. The van der Waals surface area contributed by atoms with Crippen molar-refractivity contribution in [2.24, 2.45) is 0 Å². The number of pyridine rings is 1. The van der Waals surface area contributed by atoms with Gasteiger partial charge in [0.2, 0.25) is 5.88 Å². The molecule has 82 valence electrons. The van der Waals surface area contributed by atoms with E-state index in [1.54, 1.807) is 0 Å². The highest BCUT2D eigenvalue weighted by atomic mass is 16.6. The summed E-state index contributed by atoms with van der Waals surface area (Å²) in [4.78, 5) is 27.4. The Morgan fingerprint density at radius 2 is 2.31 bits per heavy atom. The minimum absolute atomic E-state index is 0.0965. The molecule has 7 heteroatoms. The molecule has 0 aliphatic heterocycles. The number of aldehydes is 1. The van der Waals surface area contributed by atoms with Crippen molar-refractivity contribution in [3.05, 3.63) is 27.9 Å². The number of carbonyl (C=O) groups excluding carboxylic acids is 1. The van der Waals surface area contributed by atoms with Crippen LogP contribution in [0.15, 0.2) is 12.1 Å². The molecule has 0 radical (unpaired) electrons. The van der Waals surface area contributed by atoms with Crippen LogP contribution in [0.3, 0.4) is 0 Å². The molecule has 16 heavy (non-hydrogen) atoms. The van der Waals surface area contributed by atoms with Gasteiger partial charge < -0.3 is 9.72 Å². The van der Waals surface area contributed by atoms with Crippen LogP contribution in [0.25, 0.3) is 11.0 Å². The van der Waals surface area contributed by atoms with Crippen molar-refractivity contribution < 1.29 is 14.5 Å². The Kier molecular flexibility index (Phi) is 2.28. The van der Waals surface area contributed by atoms with Gasteiger partial charge in [-0.3, -0.25) is 14.9 Å². The third-order valence-corrected chi connectivity index (χ3v) is 2.14. The molecular weight excluding hydrogens is 214 g/mol. The molecule has 0 unspecified atom stereocenters. The molecule has 7 nitrogen and oxygen atoms in total. The molecule has 0 aromatic carbocycles. The maximum absolute atomic E-state index is 10.8. The largest absolute Gasteiger partial charge is 0.481 e. The Hall–Kier alpha value is -2.44. The van der Waals surface area contributed by atoms with Gasteiger partial charge in [0, 0.05) is 6.07 Å². The first-order valence-electron chi connectivity index (χ1n) is 4.33. The lowest BCUT2D eigenvalue weighted by Crippen LogP contribution is -1.91. The van der Waals surface area contributed by atoms with Crippen LogP contribution in [0.5, 0.6) is 5.88 Å². The number of ether oxygens (including phenoxy) is 1. The minimum Gasteiger partial charge on any atom is -0.481 e. The van der Waals surface area contributed by atoms with Crippen molar-refractivity contribution >= 4 is 23.0 Å². The van der Waals surface area contributed by atoms with Crippen LogP contribution in [-0.2, 0) is 0 Å². The zero-order valence-corrected chi connectivity index (χ0v) is 8.26. The first-order chi connectivity index (χ1) is 7.67. The van der Waals surface area contributed by atoms with Gasteiger partial charge >= 0.3 is 5.69 Å². The van der Waals surface area contributed by atoms with E-state index >= 15 is 0 Å². The first kappa shape index (κ1) is 10.1. The van der Waals surface area contributed by atoms with Crippen LogP contribution in [0.4, 0.5) is 5.69 Å². The SMILES string of the molecule is COc1ccc2c([N+](=O)[O-])c(C=O)[nH]c2n1. The summed E-state index contributed by atoms with van der Waals surface area (Å²) < 4.78 is 4.88. The molecule has 2 aromatic rings. The molecular formula is C9H7N3O4. The van der Waals surface area contributed by atoms with E-state index in [0.717, 1.165) is 0 Å². The zero-order chi connectivity index (χ0) is 11.7. The summed E-state index contributed by atoms with van der Waals surface area (Å²) in [6.45, 7) is 0. The molecule has 0 aliphatic rings. The second kappa shape index (κ2) is 3.61. The number of nitro groups is 1. The zero-order valence-electron chi connectivity index (χ0n) is 8.26. The molecule has 1 N–H and O–H groups in total. The van der Waals surface area contributed by atoms with Crippen molar-refractivity contribution in [1.82, 2.24) is 9.97 Å². The lowest BCUT2D eigenvalue weighted by Gasteiger charge is -1.96.